The van der Waals surface area contributed by atoms with E-state index in [0.29, 0.717) is 6.42 Å². The fourth-order valence-electron chi connectivity index (χ4n) is 1.29. The summed E-state index contributed by atoms with van der Waals surface area (Å²) >= 11 is 0. The molecule has 1 N–H and O–H groups in total. The molecule has 0 aromatic heterocycles. The van der Waals surface area contributed by atoms with Gasteiger partial charge >= 0.3 is 12.1 Å². The number of esters is 1. The van der Waals surface area contributed by atoms with E-state index < -0.39 is 17.7 Å². The Bertz CT molecular complexity index is 359. The largest absolute Gasteiger partial charge is 0.464 e. The van der Waals surface area contributed by atoms with E-state index in [1.807, 2.05) is 0 Å². The van der Waals surface area contributed by atoms with Crippen molar-refractivity contribution in [1.82, 2.24) is 5.32 Å². The van der Waals surface area contributed by atoms with Gasteiger partial charge in [0, 0.05) is 6.42 Å². The lowest BCUT2D eigenvalue weighted by atomic mass is 10.2. The quantitative estimate of drug-likeness (QED) is 0.758. The Morgan fingerprint density at radius 2 is 2.17 bits per heavy atom. The van der Waals surface area contributed by atoms with Crippen molar-refractivity contribution in [2.45, 2.75) is 38.9 Å². The molecule has 0 radical (unpaired) electrons. The third-order valence-electron chi connectivity index (χ3n) is 2.03. The molecule has 102 valence electrons. The molecule has 18 heavy (non-hydrogen) atoms. The lowest BCUT2D eigenvalue weighted by molar-refractivity contribution is -0.132. The van der Waals surface area contributed by atoms with Gasteiger partial charge in [0.2, 0.25) is 0 Å². The molecule has 1 amide bonds. The van der Waals surface area contributed by atoms with E-state index in [9.17, 15) is 9.59 Å². The van der Waals surface area contributed by atoms with Gasteiger partial charge in [-0.25, -0.2) is 9.59 Å². The molecule has 1 aliphatic rings. The molecule has 0 unspecified atom stereocenters. The number of nitrogens with zero attached hydrogens (tertiary/aromatic N) is 1. The number of methoxy groups -OCH3 is 1. The van der Waals surface area contributed by atoms with E-state index in [1.165, 1.54) is 7.11 Å². The first-order valence-corrected chi connectivity index (χ1v) is 5.59. The number of alkyl carbamates (subject to hydrolysis) is 1. The SMILES string of the molecule is COC(=O)C1=NO[C@H](CNC(=O)OC(C)(C)C)C1. The first-order valence-electron chi connectivity index (χ1n) is 5.59. The number of hydrogen-bond acceptors (Lipinski definition) is 6. The number of oxime groups is 1. The highest BCUT2D eigenvalue weighted by Gasteiger charge is 2.27. The molecule has 1 atom stereocenters. The summed E-state index contributed by atoms with van der Waals surface area (Å²) in [5.41, 5.74) is -0.331. The highest BCUT2D eigenvalue weighted by atomic mass is 16.6. The Hall–Kier alpha value is -1.79. The molecule has 7 heteroatoms. The third-order valence-corrected chi connectivity index (χ3v) is 2.03. The van der Waals surface area contributed by atoms with Gasteiger partial charge < -0.3 is 19.6 Å². The Kier molecular flexibility index (Phi) is 4.52. The summed E-state index contributed by atoms with van der Waals surface area (Å²) in [6, 6.07) is 0. The fourth-order valence-corrected chi connectivity index (χ4v) is 1.29. The van der Waals surface area contributed by atoms with Gasteiger partial charge in [-0.15, -0.1) is 0 Å². The number of carbonyl (C=O) groups excluding carboxylic acids is 2. The maximum absolute atomic E-state index is 11.4. The van der Waals surface area contributed by atoms with Crippen LogP contribution in [-0.2, 0) is 19.1 Å². The highest BCUT2D eigenvalue weighted by Crippen LogP contribution is 2.11. The Labute approximate surface area is 105 Å². The van der Waals surface area contributed by atoms with Gasteiger partial charge in [0.1, 0.15) is 5.60 Å². The zero-order chi connectivity index (χ0) is 13.8. The van der Waals surface area contributed by atoms with Gasteiger partial charge in [0.25, 0.3) is 0 Å². The summed E-state index contributed by atoms with van der Waals surface area (Å²) in [4.78, 5) is 27.5. The lowest BCUT2D eigenvalue weighted by Gasteiger charge is -2.20. The van der Waals surface area contributed by atoms with Crippen LogP contribution in [0.5, 0.6) is 0 Å². The van der Waals surface area contributed by atoms with E-state index in [0.717, 1.165) is 0 Å². The van der Waals surface area contributed by atoms with E-state index in [-0.39, 0.29) is 18.4 Å². The van der Waals surface area contributed by atoms with Gasteiger partial charge in [0.05, 0.1) is 13.7 Å². The van der Waals surface area contributed by atoms with Crippen molar-refractivity contribution >= 4 is 17.8 Å². The average Bonchev–Trinajstić information content (AvgIpc) is 2.71. The highest BCUT2D eigenvalue weighted by molar-refractivity contribution is 6.36. The molecule has 0 fully saturated rings. The van der Waals surface area contributed by atoms with Gasteiger partial charge in [-0.3, -0.25) is 0 Å². The minimum Gasteiger partial charge on any atom is -0.464 e. The normalized spacial score (nSPS) is 18.7. The van der Waals surface area contributed by atoms with Crippen LogP contribution in [0.2, 0.25) is 0 Å². The van der Waals surface area contributed by atoms with E-state index in [2.05, 4.69) is 15.2 Å². The summed E-state index contributed by atoms with van der Waals surface area (Å²) in [7, 11) is 1.27. The zero-order valence-electron chi connectivity index (χ0n) is 11.0. The number of nitrogens with one attached hydrogen (secondary N) is 1. The molecule has 0 saturated heterocycles. The Morgan fingerprint density at radius 1 is 1.50 bits per heavy atom. The number of ether oxygens (including phenoxy) is 2. The number of hydrogen-bond donors (Lipinski definition) is 1. The smallest absolute Gasteiger partial charge is 0.407 e. The molecule has 0 saturated carbocycles. The molecule has 7 nitrogen and oxygen atoms in total. The predicted octanol–water partition coefficient (Wildman–Crippen LogP) is 0.829. The average molecular weight is 258 g/mol. The molecule has 0 aliphatic carbocycles. The Balaban J connectivity index is 2.27. The molecule has 0 spiro atoms. The van der Waals surface area contributed by atoms with E-state index in [4.69, 9.17) is 9.57 Å². The number of rotatable bonds is 3. The zero-order valence-corrected chi connectivity index (χ0v) is 11.0. The van der Waals surface area contributed by atoms with Crippen LogP contribution in [0.15, 0.2) is 5.16 Å². The van der Waals surface area contributed by atoms with Gasteiger partial charge in [0.15, 0.2) is 11.8 Å². The maximum Gasteiger partial charge on any atom is 0.407 e. The van der Waals surface area contributed by atoms with Crippen LogP contribution in [0.1, 0.15) is 27.2 Å². The summed E-state index contributed by atoms with van der Waals surface area (Å²) in [5, 5.41) is 6.14. The molecule has 0 aromatic carbocycles. The van der Waals surface area contributed by atoms with Crippen molar-refractivity contribution in [3.05, 3.63) is 0 Å². The molecule has 1 heterocycles. The van der Waals surface area contributed by atoms with Crippen LogP contribution >= 0.6 is 0 Å². The second-order valence-corrected chi connectivity index (χ2v) is 4.84. The first kappa shape index (κ1) is 14.3. The van der Waals surface area contributed by atoms with Crippen molar-refractivity contribution in [3.8, 4) is 0 Å². The summed E-state index contributed by atoms with van der Waals surface area (Å²) in [5.74, 6) is -0.519. The van der Waals surface area contributed by atoms with E-state index in [1.54, 1.807) is 20.8 Å². The monoisotopic (exact) mass is 258 g/mol. The molecule has 0 aromatic rings. The van der Waals surface area contributed by atoms with Crippen LogP contribution in [-0.4, -0.2) is 43.1 Å². The molecule has 0 bridgehead atoms. The van der Waals surface area contributed by atoms with Crippen LogP contribution < -0.4 is 5.32 Å². The second kappa shape index (κ2) is 5.70. The molecule has 1 rings (SSSR count). The lowest BCUT2D eigenvalue weighted by Crippen LogP contribution is -2.37. The molecular weight excluding hydrogens is 240 g/mol. The van der Waals surface area contributed by atoms with Gasteiger partial charge in [-0.2, -0.15) is 0 Å². The standard InChI is InChI=1S/C11H18N2O5/c1-11(2,3)17-10(15)12-6-7-5-8(13-18-7)9(14)16-4/h7H,5-6H2,1-4H3,(H,12,15)/t7-/m0/s1. The minimum atomic E-state index is -0.547. The molecule has 1 aliphatic heterocycles. The third kappa shape index (κ3) is 4.60. The van der Waals surface area contributed by atoms with Crippen LogP contribution in [0.25, 0.3) is 0 Å². The maximum atomic E-state index is 11.4. The first-order chi connectivity index (χ1) is 8.31. The van der Waals surface area contributed by atoms with Gasteiger partial charge in [-0.05, 0) is 20.8 Å². The number of carbonyl (C=O) groups is 2. The minimum absolute atomic E-state index is 0.216. The van der Waals surface area contributed by atoms with Crippen molar-refractivity contribution in [2.24, 2.45) is 5.16 Å². The van der Waals surface area contributed by atoms with Gasteiger partial charge in [-0.1, -0.05) is 5.16 Å². The van der Waals surface area contributed by atoms with Crippen molar-refractivity contribution < 1.29 is 23.9 Å². The van der Waals surface area contributed by atoms with Crippen LogP contribution in [0.4, 0.5) is 4.79 Å². The van der Waals surface area contributed by atoms with E-state index >= 15 is 0 Å². The predicted molar refractivity (Wildman–Crippen MR) is 63.2 cm³/mol. The fraction of sp³-hybridized carbons (Fsp3) is 0.727. The van der Waals surface area contributed by atoms with Crippen LogP contribution in [0.3, 0.4) is 0 Å². The van der Waals surface area contributed by atoms with Crippen molar-refractivity contribution in [3.63, 3.8) is 0 Å². The second-order valence-electron chi connectivity index (χ2n) is 4.84. The Morgan fingerprint density at radius 3 is 2.72 bits per heavy atom. The summed E-state index contributed by atoms with van der Waals surface area (Å²) in [6.45, 7) is 5.55. The van der Waals surface area contributed by atoms with Crippen molar-refractivity contribution in [1.29, 1.82) is 0 Å². The summed E-state index contributed by atoms with van der Waals surface area (Å²) in [6.07, 6.45) is -0.591. The number of amides is 1. The van der Waals surface area contributed by atoms with Crippen LogP contribution in [0, 0.1) is 0 Å². The topological polar surface area (TPSA) is 86.2 Å². The van der Waals surface area contributed by atoms with Crippen molar-refractivity contribution in [2.75, 3.05) is 13.7 Å². The summed E-state index contributed by atoms with van der Waals surface area (Å²) < 4.78 is 9.57. The molecular formula is C11H18N2O5.